The Kier molecular flexibility index (Phi) is 2.92. The highest BCUT2D eigenvalue weighted by Gasteiger charge is 2.02. The first-order valence-electron chi connectivity index (χ1n) is 5.08. The lowest BCUT2D eigenvalue weighted by atomic mass is 10.2. The molecule has 0 amide bonds. The zero-order valence-electron chi connectivity index (χ0n) is 9.03. The molecule has 1 heterocycles. The van der Waals surface area contributed by atoms with Crippen LogP contribution in [0.1, 0.15) is 5.56 Å². The Morgan fingerprint density at radius 2 is 2.19 bits per heavy atom. The molecular formula is C12H13NO3. The van der Waals surface area contributed by atoms with E-state index in [9.17, 15) is 4.79 Å². The number of hydrogen-bond donors (Lipinski definition) is 1. The standard InChI is InChI=1S/C12H13NO3/c1-8-6-9-2-3-10(15-5-4-13)7-11(9)16-12(8)14/h2-3,6-7H,4-5,13H2,1H3. The van der Waals surface area contributed by atoms with E-state index in [4.69, 9.17) is 14.9 Å². The average molecular weight is 219 g/mol. The summed E-state index contributed by atoms with van der Waals surface area (Å²) >= 11 is 0. The van der Waals surface area contributed by atoms with Crippen LogP contribution in [0.2, 0.25) is 0 Å². The van der Waals surface area contributed by atoms with E-state index >= 15 is 0 Å². The van der Waals surface area contributed by atoms with Crippen molar-refractivity contribution in [2.45, 2.75) is 6.92 Å². The quantitative estimate of drug-likeness (QED) is 0.793. The van der Waals surface area contributed by atoms with Gasteiger partial charge in [0.25, 0.3) is 0 Å². The second-order valence-electron chi connectivity index (χ2n) is 3.55. The molecule has 1 aromatic carbocycles. The molecule has 2 rings (SSSR count). The lowest BCUT2D eigenvalue weighted by Gasteiger charge is -2.05. The molecule has 4 nitrogen and oxygen atoms in total. The third kappa shape index (κ3) is 2.06. The van der Waals surface area contributed by atoms with Gasteiger partial charge in [-0.15, -0.1) is 0 Å². The first kappa shape index (κ1) is 10.7. The molecule has 0 atom stereocenters. The second kappa shape index (κ2) is 4.37. The Bertz CT molecular complexity index is 560. The summed E-state index contributed by atoms with van der Waals surface area (Å²) in [6.45, 7) is 2.63. The molecule has 0 radical (unpaired) electrons. The lowest BCUT2D eigenvalue weighted by molar-refractivity contribution is 0.328. The van der Waals surface area contributed by atoms with Gasteiger partial charge >= 0.3 is 5.63 Å². The van der Waals surface area contributed by atoms with Crippen LogP contribution >= 0.6 is 0 Å². The normalized spacial score (nSPS) is 10.6. The lowest BCUT2D eigenvalue weighted by Crippen LogP contribution is -2.10. The molecule has 16 heavy (non-hydrogen) atoms. The minimum absolute atomic E-state index is 0.316. The molecule has 1 aromatic heterocycles. The van der Waals surface area contributed by atoms with Crippen LogP contribution in [0, 0.1) is 6.92 Å². The molecule has 4 heteroatoms. The van der Waals surface area contributed by atoms with Gasteiger partial charge in [-0.2, -0.15) is 0 Å². The van der Waals surface area contributed by atoms with Gasteiger partial charge in [0, 0.05) is 23.6 Å². The Morgan fingerprint density at radius 3 is 2.94 bits per heavy atom. The van der Waals surface area contributed by atoms with Crippen LogP contribution in [0.5, 0.6) is 5.75 Å². The van der Waals surface area contributed by atoms with Crippen LogP contribution in [0.15, 0.2) is 33.5 Å². The Labute approximate surface area is 92.6 Å². The van der Waals surface area contributed by atoms with Crippen LogP contribution in [0.4, 0.5) is 0 Å². The predicted octanol–water partition coefficient (Wildman–Crippen LogP) is 1.44. The molecule has 2 N–H and O–H groups in total. The molecule has 0 aliphatic carbocycles. The van der Waals surface area contributed by atoms with Gasteiger partial charge in [-0.05, 0) is 25.1 Å². The van der Waals surface area contributed by atoms with Crippen molar-refractivity contribution in [1.82, 2.24) is 0 Å². The van der Waals surface area contributed by atoms with Crippen molar-refractivity contribution in [1.29, 1.82) is 0 Å². The summed E-state index contributed by atoms with van der Waals surface area (Å²) in [6, 6.07) is 7.19. The highest BCUT2D eigenvalue weighted by molar-refractivity contribution is 5.78. The fourth-order valence-corrected chi connectivity index (χ4v) is 1.46. The Hall–Kier alpha value is -1.81. The average Bonchev–Trinajstić information content (AvgIpc) is 2.28. The van der Waals surface area contributed by atoms with Crippen molar-refractivity contribution in [3.8, 4) is 5.75 Å². The highest BCUT2D eigenvalue weighted by atomic mass is 16.5. The molecule has 0 aliphatic heterocycles. The van der Waals surface area contributed by atoms with E-state index in [0.29, 0.717) is 30.0 Å². The zero-order chi connectivity index (χ0) is 11.5. The summed E-state index contributed by atoms with van der Waals surface area (Å²) in [5, 5.41) is 0.886. The predicted molar refractivity (Wildman–Crippen MR) is 61.8 cm³/mol. The molecule has 0 spiro atoms. The van der Waals surface area contributed by atoms with Gasteiger partial charge in [-0.25, -0.2) is 4.79 Å². The Morgan fingerprint density at radius 1 is 1.38 bits per heavy atom. The number of hydrogen-bond acceptors (Lipinski definition) is 4. The number of nitrogens with two attached hydrogens (primary N) is 1. The second-order valence-corrected chi connectivity index (χ2v) is 3.55. The van der Waals surface area contributed by atoms with E-state index in [0.717, 1.165) is 5.39 Å². The van der Waals surface area contributed by atoms with Gasteiger partial charge < -0.3 is 14.9 Å². The number of ether oxygens (including phenoxy) is 1. The molecule has 0 saturated carbocycles. The maximum absolute atomic E-state index is 11.3. The van der Waals surface area contributed by atoms with Crippen LogP contribution < -0.4 is 16.1 Å². The maximum Gasteiger partial charge on any atom is 0.339 e. The summed E-state index contributed by atoms with van der Waals surface area (Å²) < 4.78 is 10.5. The van der Waals surface area contributed by atoms with Gasteiger partial charge in [0.2, 0.25) is 0 Å². The first-order chi connectivity index (χ1) is 7.70. The van der Waals surface area contributed by atoms with Gasteiger partial charge in [0.05, 0.1) is 0 Å². The molecule has 0 aliphatic rings. The van der Waals surface area contributed by atoms with Gasteiger partial charge in [0.15, 0.2) is 0 Å². The van der Waals surface area contributed by atoms with Crippen molar-refractivity contribution in [3.63, 3.8) is 0 Å². The maximum atomic E-state index is 11.3. The highest BCUT2D eigenvalue weighted by Crippen LogP contribution is 2.20. The summed E-state index contributed by atoms with van der Waals surface area (Å²) in [5.74, 6) is 0.657. The number of aryl methyl sites for hydroxylation is 1. The van der Waals surface area contributed by atoms with E-state index < -0.39 is 0 Å². The summed E-state index contributed by atoms with van der Waals surface area (Å²) in [7, 11) is 0. The SMILES string of the molecule is Cc1cc2ccc(OCCN)cc2oc1=O. The van der Waals surface area contributed by atoms with E-state index in [1.165, 1.54) is 0 Å². The van der Waals surface area contributed by atoms with E-state index in [1.54, 1.807) is 19.1 Å². The monoisotopic (exact) mass is 219 g/mol. The minimum Gasteiger partial charge on any atom is -0.492 e. The van der Waals surface area contributed by atoms with Crippen LogP contribution in [0.25, 0.3) is 11.0 Å². The fourth-order valence-electron chi connectivity index (χ4n) is 1.46. The Balaban J connectivity index is 2.45. The fraction of sp³-hybridized carbons (Fsp3) is 0.250. The van der Waals surface area contributed by atoms with Crippen LogP contribution in [-0.2, 0) is 0 Å². The third-order valence-corrected chi connectivity index (χ3v) is 2.27. The summed E-state index contributed by atoms with van der Waals surface area (Å²) in [5.41, 5.74) is 6.15. The molecule has 84 valence electrons. The largest absolute Gasteiger partial charge is 0.492 e. The molecule has 0 bridgehead atoms. The molecule has 0 saturated heterocycles. The van der Waals surface area contributed by atoms with Crippen molar-refractivity contribution in [2.24, 2.45) is 5.73 Å². The van der Waals surface area contributed by atoms with Crippen molar-refractivity contribution < 1.29 is 9.15 Å². The molecular weight excluding hydrogens is 206 g/mol. The topological polar surface area (TPSA) is 65.5 Å². The molecule has 0 unspecified atom stereocenters. The smallest absolute Gasteiger partial charge is 0.339 e. The van der Waals surface area contributed by atoms with Crippen molar-refractivity contribution in [2.75, 3.05) is 13.2 Å². The van der Waals surface area contributed by atoms with Gasteiger partial charge in [-0.1, -0.05) is 0 Å². The first-order valence-corrected chi connectivity index (χ1v) is 5.08. The number of fused-ring (bicyclic) bond motifs is 1. The van der Waals surface area contributed by atoms with Gasteiger partial charge in [0.1, 0.15) is 17.9 Å². The van der Waals surface area contributed by atoms with Crippen LogP contribution in [-0.4, -0.2) is 13.2 Å². The van der Waals surface area contributed by atoms with Crippen molar-refractivity contribution in [3.05, 3.63) is 40.2 Å². The van der Waals surface area contributed by atoms with E-state index in [2.05, 4.69) is 0 Å². The minimum atomic E-state index is -0.316. The summed E-state index contributed by atoms with van der Waals surface area (Å²) in [4.78, 5) is 11.3. The van der Waals surface area contributed by atoms with Gasteiger partial charge in [-0.3, -0.25) is 0 Å². The summed E-state index contributed by atoms with van der Waals surface area (Å²) in [6.07, 6.45) is 0. The van der Waals surface area contributed by atoms with E-state index in [1.807, 2.05) is 12.1 Å². The number of benzene rings is 1. The third-order valence-electron chi connectivity index (χ3n) is 2.27. The molecule has 2 aromatic rings. The molecule has 0 fully saturated rings. The van der Waals surface area contributed by atoms with Crippen LogP contribution in [0.3, 0.4) is 0 Å². The number of rotatable bonds is 3. The zero-order valence-corrected chi connectivity index (χ0v) is 9.03. The van der Waals surface area contributed by atoms with Crippen molar-refractivity contribution >= 4 is 11.0 Å². The van der Waals surface area contributed by atoms with E-state index in [-0.39, 0.29) is 5.63 Å².